The zero-order chi connectivity index (χ0) is 30.3. The van der Waals surface area contributed by atoms with Crippen LogP contribution in [0.2, 0.25) is 0 Å². The van der Waals surface area contributed by atoms with Crippen LogP contribution in [0.1, 0.15) is 11.1 Å². The fraction of sp³-hybridized carbons (Fsp3) is 0.176. The molecule has 3 aromatic rings. The maximum atomic E-state index is 13.2. The first kappa shape index (κ1) is 29.5. The molecule has 0 amide bonds. The molecule has 0 aliphatic rings. The Hall–Kier alpha value is -5.09. The van der Waals surface area contributed by atoms with E-state index >= 15 is 0 Å². The summed E-state index contributed by atoms with van der Waals surface area (Å²) in [6, 6.07) is -0.111. The molecule has 3 rings (SSSR count). The predicted molar refractivity (Wildman–Crippen MR) is 119 cm³/mol. The summed E-state index contributed by atoms with van der Waals surface area (Å²) in [5.41, 5.74) is -11.6. The maximum absolute atomic E-state index is 13.2. The lowest BCUT2D eigenvalue weighted by molar-refractivity contribution is -0.394. The van der Waals surface area contributed by atoms with E-state index in [1.165, 1.54) is 6.26 Å². The van der Waals surface area contributed by atoms with Gasteiger partial charge in [-0.15, -0.1) is 5.10 Å². The van der Waals surface area contributed by atoms with Crippen LogP contribution in [0.25, 0.3) is 5.69 Å². The Balaban J connectivity index is 2.31. The lowest BCUT2D eigenvalue weighted by Gasteiger charge is -2.11. The number of nitro groups is 4. The molecular formula is C17H8F6N8O8S. The van der Waals surface area contributed by atoms with Crippen LogP contribution < -0.4 is 5.32 Å². The van der Waals surface area contributed by atoms with Crippen LogP contribution in [0, 0.1) is 40.5 Å². The molecule has 1 heterocycles. The van der Waals surface area contributed by atoms with Crippen LogP contribution in [0.3, 0.4) is 0 Å². The van der Waals surface area contributed by atoms with Crippen molar-refractivity contribution in [1.29, 1.82) is 0 Å². The topological polar surface area (TPSA) is 215 Å². The Labute approximate surface area is 218 Å². The molecule has 23 heteroatoms. The van der Waals surface area contributed by atoms with Crippen LogP contribution in [-0.4, -0.2) is 40.7 Å². The van der Waals surface area contributed by atoms with Gasteiger partial charge in [0.05, 0.1) is 30.8 Å². The number of aromatic nitrogens is 3. The van der Waals surface area contributed by atoms with Crippen molar-refractivity contribution in [3.63, 3.8) is 0 Å². The third-order valence-corrected chi connectivity index (χ3v) is 5.45. The summed E-state index contributed by atoms with van der Waals surface area (Å²) in [7, 11) is 0. The average Bonchev–Trinajstić information content (AvgIpc) is 3.23. The third kappa shape index (κ3) is 5.67. The molecule has 40 heavy (non-hydrogen) atoms. The van der Waals surface area contributed by atoms with Crippen molar-refractivity contribution >= 4 is 46.1 Å². The number of thioether (sulfide) groups is 1. The number of alkyl halides is 6. The first-order valence-electron chi connectivity index (χ1n) is 9.73. The zero-order valence-electron chi connectivity index (χ0n) is 18.9. The molecule has 0 bridgehead atoms. The van der Waals surface area contributed by atoms with Crippen molar-refractivity contribution in [3.8, 4) is 5.69 Å². The quantitative estimate of drug-likeness (QED) is 0.149. The fourth-order valence-corrected chi connectivity index (χ4v) is 3.68. The van der Waals surface area contributed by atoms with Gasteiger partial charge >= 0.3 is 35.1 Å². The monoisotopic (exact) mass is 598 g/mol. The Morgan fingerprint density at radius 3 is 1.45 bits per heavy atom. The highest BCUT2D eigenvalue weighted by atomic mass is 32.2. The summed E-state index contributed by atoms with van der Waals surface area (Å²) < 4.78 is 79.5. The SMILES string of the molecule is CSc1nc(Nc2c([N+](=O)[O-])cc(C(F)(F)F)cc2[N+](=O)[O-])nn1-c1c([N+](=O)[O-])cc(C(F)(F)F)cc1[N+](=O)[O-]. The van der Waals surface area contributed by atoms with Gasteiger partial charge in [-0.05, 0) is 6.26 Å². The molecule has 0 saturated heterocycles. The number of hydrogen-bond donors (Lipinski definition) is 1. The molecule has 1 N–H and O–H groups in total. The molecule has 0 atom stereocenters. The number of anilines is 2. The summed E-state index contributed by atoms with van der Waals surface area (Å²) in [5.74, 6) is -0.904. The highest BCUT2D eigenvalue weighted by molar-refractivity contribution is 7.98. The third-order valence-electron chi connectivity index (χ3n) is 4.82. The normalized spacial score (nSPS) is 11.8. The molecule has 16 nitrogen and oxygen atoms in total. The highest BCUT2D eigenvalue weighted by Crippen LogP contribution is 2.44. The van der Waals surface area contributed by atoms with Gasteiger partial charge < -0.3 is 5.32 Å². The summed E-state index contributed by atoms with van der Waals surface area (Å²) in [6.45, 7) is 0. The zero-order valence-corrected chi connectivity index (χ0v) is 19.7. The van der Waals surface area contributed by atoms with Gasteiger partial charge in [0.15, 0.2) is 10.8 Å². The van der Waals surface area contributed by atoms with Gasteiger partial charge in [-0.25, -0.2) is 0 Å². The van der Waals surface area contributed by atoms with Crippen LogP contribution >= 0.6 is 11.8 Å². The van der Waals surface area contributed by atoms with E-state index in [4.69, 9.17) is 0 Å². The molecule has 1 aromatic heterocycles. The van der Waals surface area contributed by atoms with E-state index < -0.39 is 88.4 Å². The molecular weight excluding hydrogens is 590 g/mol. The van der Waals surface area contributed by atoms with Crippen molar-refractivity contribution in [2.75, 3.05) is 11.6 Å². The molecule has 0 unspecified atom stereocenters. The van der Waals surface area contributed by atoms with Crippen molar-refractivity contribution in [3.05, 3.63) is 75.8 Å². The fourth-order valence-electron chi connectivity index (χ4n) is 3.20. The van der Waals surface area contributed by atoms with Gasteiger partial charge in [-0.3, -0.25) is 40.5 Å². The molecule has 0 aliphatic heterocycles. The van der Waals surface area contributed by atoms with E-state index in [1.54, 1.807) is 0 Å². The van der Waals surface area contributed by atoms with Gasteiger partial charge in [0.1, 0.15) is 0 Å². The molecule has 212 valence electrons. The minimum atomic E-state index is -5.24. The van der Waals surface area contributed by atoms with Gasteiger partial charge in [0, 0.05) is 24.3 Å². The highest BCUT2D eigenvalue weighted by Gasteiger charge is 2.40. The Bertz CT molecular complexity index is 1500. The molecule has 2 aromatic carbocycles. The summed E-state index contributed by atoms with van der Waals surface area (Å²) in [4.78, 5) is 44.2. The minimum absolute atomic E-state index is 0.0211. The Kier molecular flexibility index (Phi) is 7.54. The largest absolute Gasteiger partial charge is 0.416 e. The van der Waals surface area contributed by atoms with E-state index in [0.29, 0.717) is 16.4 Å². The van der Waals surface area contributed by atoms with E-state index in [2.05, 4.69) is 10.1 Å². The second kappa shape index (κ2) is 10.2. The first-order chi connectivity index (χ1) is 18.4. The summed E-state index contributed by atoms with van der Waals surface area (Å²) in [6.07, 6.45) is -9.25. The van der Waals surface area contributed by atoms with Gasteiger partial charge in [-0.1, -0.05) is 11.8 Å². The van der Waals surface area contributed by atoms with E-state index in [1.807, 2.05) is 5.32 Å². The van der Waals surface area contributed by atoms with Crippen molar-refractivity contribution in [1.82, 2.24) is 14.8 Å². The van der Waals surface area contributed by atoms with Gasteiger partial charge in [0.25, 0.3) is 0 Å². The standard InChI is InChI=1S/C17H8F6N8O8S/c1-40-15-25-14(24-12-8(28(32)33)2-6(16(18,19)20)3-9(12)29(34)35)26-27(15)13-10(30(36)37)4-7(17(21,22)23)5-11(13)31(38)39/h2-5H,1H3,(H,24,26). The maximum Gasteiger partial charge on any atom is 0.416 e. The number of nitro benzene ring substituents is 4. The van der Waals surface area contributed by atoms with Gasteiger partial charge in [0.2, 0.25) is 11.6 Å². The van der Waals surface area contributed by atoms with Crippen LogP contribution in [0.4, 0.5) is 60.7 Å². The smallest absolute Gasteiger partial charge is 0.311 e. The van der Waals surface area contributed by atoms with Gasteiger partial charge in [-0.2, -0.15) is 36.0 Å². The molecule has 0 radical (unpaired) electrons. The van der Waals surface area contributed by atoms with E-state index in [9.17, 15) is 66.8 Å². The van der Waals surface area contributed by atoms with Crippen molar-refractivity contribution in [2.24, 2.45) is 0 Å². The number of benzene rings is 2. The lowest BCUT2D eigenvalue weighted by atomic mass is 10.1. The summed E-state index contributed by atoms with van der Waals surface area (Å²) in [5, 5.41) is 51.1. The number of rotatable bonds is 8. The Morgan fingerprint density at radius 1 is 0.750 bits per heavy atom. The number of nitrogens with one attached hydrogen (secondary N) is 1. The molecule has 0 aliphatic carbocycles. The van der Waals surface area contributed by atoms with E-state index in [-0.39, 0.29) is 24.3 Å². The minimum Gasteiger partial charge on any atom is -0.311 e. The van der Waals surface area contributed by atoms with Crippen molar-refractivity contribution < 1.29 is 46.0 Å². The summed E-state index contributed by atoms with van der Waals surface area (Å²) >= 11 is 0.564. The second-order valence-corrected chi connectivity index (χ2v) is 8.01. The Morgan fingerprint density at radius 2 is 1.12 bits per heavy atom. The van der Waals surface area contributed by atoms with Crippen molar-refractivity contribution in [2.45, 2.75) is 17.5 Å². The van der Waals surface area contributed by atoms with Crippen LogP contribution in [-0.2, 0) is 12.4 Å². The van der Waals surface area contributed by atoms with E-state index in [0.717, 1.165) is 0 Å². The average molecular weight is 598 g/mol. The van der Waals surface area contributed by atoms with Crippen LogP contribution in [0.15, 0.2) is 29.4 Å². The lowest BCUT2D eigenvalue weighted by Crippen LogP contribution is -2.12. The molecule has 0 saturated carbocycles. The van der Waals surface area contributed by atoms with Crippen LogP contribution in [0.5, 0.6) is 0 Å². The molecule has 0 spiro atoms. The first-order valence-corrected chi connectivity index (χ1v) is 11.0. The number of hydrogen-bond acceptors (Lipinski definition) is 12. The number of nitrogens with zero attached hydrogens (tertiary/aromatic N) is 7. The second-order valence-electron chi connectivity index (χ2n) is 7.24. The molecule has 0 fully saturated rings. The predicted octanol–water partition coefficient (Wildman–Crippen LogP) is 5.40. The number of halogens is 6.